The van der Waals surface area contributed by atoms with Gasteiger partial charge in [0.05, 0.1) is 12.2 Å². The lowest BCUT2D eigenvalue weighted by molar-refractivity contribution is -0.120. The molecule has 0 unspecified atom stereocenters. The maximum Gasteiger partial charge on any atom is 0.338 e. The van der Waals surface area contributed by atoms with E-state index in [1.165, 1.54) is 0 Å². The molecule has 5 nitrogen and oxygen atoms in total. The summed E-state index contributed by atoms with van der Waals surface area (Å²) < 4.78 is 4.90. The maximum absolute atomic E-state index is 11.6. The zero-order valence-electron chi connectivity index (χ0n) is 12.4. The lowest BCUT2D eigenvalue weighted by atomic mass is 10.1. The van der Waals surface area contributed by atoms with Gasteiger partial charge in [0.1, 0.15) is 0 Å². The lowest BCUT2D eigenvalue weighted by Gasteiger charge is -2.11. The van der Waals surface area contributed by atoms with E-state index in [4.69, 9.17) is 17.0 Å². The highest BCUT2D eigenvalue weighted by atomic mass is 32.1. The van der Waals surface area contributed by atoms with Crippen molar-refractivity contribution in [1.29, 1.82) is 0 Å². The van der Waals surface area contributed by atoms with Crippen molar-refractivity contribution in [2.75, 3.05) is 11.9 Å². The van der Waals surface area contributed by atoms with Gasteiger partial charge in [0.15, 0.2) is 5.11 Å². The molecule has 0 fully saturated rings. The minimum Gasteiger partial charge on any atom is -0.462 e. The van der Waals surface area contributed by atoms with Gasteiger partial charge in [-0.05, 0) is 49.3 Å². The van der Waals surface area contributed by atoms with Crippen LogP contribution in [0.25, 0.3) is 0 Å². The molecule has 1 rings (SSSR count). The Morgan fingerprint density at radius 1 is 1.24 bits per heavy atom. The molecule has 2 N–H and O–H groups in total. The SMILES string of the molecule is CCOC(=O)c1ccc(NC(=S)NC(=O)CC(C)C)cc1. The number of amides is 1. The Labute approximate surface area is 130 Å². The van der Waals surface area contributed by atoms with Crippen LogP contribution in [0.2, 0.25) is 0 Å². The summed E-state index contributed by atoms with van der Waals surface area (Å²) in [6.07, 6.45) is 0.420. The predicted octanol–water partition coefficient (Wildman–Crippen LogP) is 2.72. The molecular formula is C15H20N2O3S. The molecule has 0 aliphatic carbocycles. The average Bonchev–Trinajstić information content (AvgIpc) is 2.38. The highest BCUT2D eigenvalue weighted by Crippen LogP contribution is 2.10. The fourth-order valence-corrected chi connectivity index (χ4v) is 1.85. The highest BCUT2D eigenvalue weighted by Gasteiger charge is 2.08. The standard InChI is InChI=1S/C15H20N2O3S/c1-4-20-14(19)11-5-7-12(8-6-11)16-15(21)17-13(18)9-10(2)3/h5-8,10H,4,9H2,1-3H3,(H2,16,17,18,21). The summed E-state index contributed by atoms with van der Waals surface area (Å²) in [5, 5.41) is 5.74. The first-order valence-corrected chi connectivity index (χ1v) is 7.21. The second kappa shape index (κ2) is 8.36. The monoisotopic (exact) mass is 308 g/mol. The number of anilines is 1. The predicted molar refractivity (Wildman–Crippen MR) is 86.2 cm³/mol. The molecule has 0 atom stereocenters. The Morgan fingerprint density at radius 3 is 2.38 bits per heavy atom. The lowest BCUT2D eigenvalue weighted by Crippen LogP contribution is -2.34. The largest absolute Gasteiger partial charge is 0.462 e. The van der Waals surface area contributed by atoms with Crippen molar-refractivity contribution in [2.45, 2.75) is 27.2 Å². The number of hydrogen-bond acceptors (Lipinski definition) is 4. The van der Waals surface area contributed by atoms with E-state index in [0.29, 0.717) is 24.3 Å². The number of benzene rings is 1. The molecule has 0 saturated carbocycles. The van der Waals surface area contributed by atoms with E-state index in [9.17, 15) is 9.59 Å². The normalized spacial score (nSPS) is 10.1. The summed E-state index contributed by atoms with van der Waals surface area (Å²) in [6.45, 7) is 6.02. The van der Waals surface area contributed by atoms with Crippen molar-refractivity contribution < 1.29 is 14.3 Å². The van der Waals surface area contributed by atoms with Crippen molar-refractivity contribution in [3.8, 4) is 0 Å². The van der Waals surface area contributed by atoms with Crippen LogP contribution in [0.15, 0.2) is 24.3 Å². The first-order chi connectivity index (χ1) is 9.92. The van der Waals surface area contributed by atoms with E-state index >= 15 is 0 Å². The van der Waals surface area contributed by atoms with Crippen molar-refractivity contribution >= 4 is 34.9 Å². The van der Waals surface area contributed by atoms with Gasteiger partial charge in [0.2, 0.25) is 5.91 Å². The third-order valence-electron chi connectivity index (χ3n) is 2.50. The number of esters is 1. The van der Waals surface area contributed by atoms with Crippen molar-refractivity contribution in [3.05, 3.63) is 29.8 Å². The third-order valence-corrected chi connectivity index (χ3v) is 2.70. The van der Waals surface area contributed by atoms with Gasteiger partial charge in [0, 0.05) is 12.1 Å². The van der Waals surface area contributed by atoms with E-state index in [1.807, 2.05) is 13.8 Å². The van der Waals surface area contributed by atoms with Gasteiger partial charge < -0.3 is 15.4 Å². The number of carbonyl (C=O) groups is 2. The summed E-state index contributed by atoms with van der Waals surface area (Å²) in [4.78, 5) is 23.1. The fourth-order valence-electron chi connectivity index (χ4n) is 1.61. The molecular weight excluding hydrogens is 288 g/mol. The summed E-state index contributed by atoms with van der Waals surface area (Å²) in [5.74, 6) is -0.209. The molecule has 0 saturated heterocycles. The molecule has 1 aromatic rings. The molecule has 0 aliphatic rings. The number of ether oxygens (including phenoxy) is 1. The zero-order valence-corrected chi connectivity index (χ0v) is 13.3. The van der Waals surface area contributed by atoms with Crippen molar-refractivity contribution in [3.63, 3.8) is 0 Å². The average molecular weight is 308 g/mol. The third kappa shape index (κ3) is 6.35. The van der Waals surface area contributed by atoms with Crippen LogP contribution in [0.4, 0.5) is 5.69 Å². The second-order valence-corrected chi connectivity index (χ2v) is 5.31. The van der Waals surface area contributed by atoms with Crippen LogP contribution in [0.3, 0.4) is 0 Å². The van der Waals surface area contributed by atoms with Crippen LogP contribution in [-0.2, 0) is 9.53 Å². The first kappa shape index (κ1) is 17.1. The second-order valence-electron chi connectivity index (χ2n) is 4.90. The van der Waals surface area contributed by atoms with E-state index < -0.39 is 0 Å². The van der Waals surface area contributed by atoms with Crippen LogP contribution < -0.4 is 10.6 Å². The van der Waals surface area contributed by atoms with E-state index in [0.717, 1.165) is 0 Å². The Balaban J connectivity index is 2.53. The van der Waals surface area contributed by atoms with Crippen LogP contribution >= 0.6 is 12.2 Å². The molecule has 0 heterocycles. The summed E-state index contributed by atoms with van der Waals surface area (Å²) >= 11 is 5.06. The molecule has 114 valence electrons. The number of rotatable bonds is 5. The summed E-state index contributed by atoms with van der Waals surface area (Å²) in [7, 11) is 0. The van der Waals surface area contributed by atoms with E-state index in [1.54, 1.807) is 31.2 Å². The molecule has 0 bridgehead atoms. The Morgan fingerprint density at radius 2 is 1.86 bits per heavy atom. The Kier molecular flexibility index (Phi) is 6.81. The van der Waals surface area contributed by atoms with Crippen molar-refractivity contribution in [1.82, 2.24) is 5.32 Å². The van der Waals surface area contributed by atoms with Crippen LogP contribution in [0.5, 0.6) is 0 Å². The molecule has 1 amide bonds. The van der Waals surface area contributed by atoms with Gasteiger partial charge in [-0.15, -0.1) is 0 Å². The topological polar surface area (TPSA) is 67.4 Å². The molecule has 0 spiro atoms. The highest BCUT2D eigenvalue weighted by molar-refractivity contribution is 7.80. The minimum absolute atomic E-state index is 0.120. The Bertz CT molecular complexity index is 512. The number of hydrogen-bond donors (Lipinski definition) is 2. The summed E-state index contributed by atoms with van der Waals surface area (Å²) in [6, 6.07) is 6.68. The number of nitrogens with one attached hydrogen (secondary N) is 2. The van der Waals surface area contributed by atoms with Crippen LogP contribution in [-0.4, -0.2) is 23.6 Å². The summed E-state index contributed by atoms with van der Waals surface area (Å²) in [5.41, 5.74) is 1.16. The van der Waals surface area contributed by atoms with Gasteiger partial charge in [-0.2, -0.15) is 0 Å². The Hall–Kier alpha value is -1.95. The van der Waals surface area contributed by atoms with Gasteiger partial charge in [-0.25, -0.2) is 4.79 Å². The van der Waals surface area contributed by atoms with Gasteiger partial charge in [-0.3, -0.25) is 4.79 Å². The molecule has 6 heteroatoms. The van der Waals surface area contributed by atoms with Crippen LogP contribution in [0, 0.1) is 5.92 Å². The zero-order chi connectivity index (χ0) is 15.8. The van der Waals surface area contributed by atoms with E-state index in [2.05, 4.69) is 10.6 Å². The van der Waals surface area contributed by atoms with Crippen LogP contribution in [0.1, 0.15) is 37.6 Å². The van der Waals surface area contributed by atoms with Crippen molar-refractivity contribution in [2.24, 2.45) is 5.92 Å². The molecule has 21 heavy (non-hydrogen) atoms. The first-order valence-electron chi connectivity index (χ1n) is 6.80. The van der Waals surface area contributed by atoms with E-state index in [-0.39, 0.29) is 22.9 Å². The quantitative estimate of drug-likeness (QED) is 0.646. The molecule has 0 aromatic heterocycles. The van der Waals surface area contributed by atoms with Gasteiger partial charge >= 0.3 is 5.97 Å². The molecule has 0 aliphatic heterocycles. The smallest absolute Gasteiger partial charge is 0.338 e. The molecule has 0 radical (unpaired) electrons. The molecule has 1 aromatic carbocycles. The fraction of sp³-hybridized carbons (Fsp3) is 0.400. The van der Waals surface area contributed by atoms with Gasteiger partial charge in [-0.1, -0.05) is 13.8 Å². The minimum atomic E-state index is -0.364. The number of thiocarbonyl (C=S) groups is 1. The van der Waals surface area contributed by atoms with Gasteiger partial charge in [0.25, 0.3) is 0 Å². The number of carbonyl (C=O) groups excluding carboxylic acids is 2. The maximum atomic E-state index is 11.6.